The maximum atomic E-state index is 12.9. The fraction of sp³-hybridized carbons (Fsp3) is 0.304. The van der Waals surface area contributed by atoms with Gasteiger partial charge in [0.1, 0.15) is 18.1 Å². The van der Waals surface area contributed by atoms with Crippen molar-refractivity contribution in [2.75, 3.05) is 35.3 Å². The van der Waals surface area contributed by atoms with Crippen molar-refractivity contribution in [1.82, 2.24) is 0 Å². The molecule has 2 aromatic carbocycles. The van der Waals surface area contributed by atoms with Gasteiger partial charge < -0.3 is 25.0 Å². The van der Waals surface area contributed by atoms with E-state index in [0.717, 1.165) is 5.75 Å². The number of benzene rings is 2. The zero-order valence-electron chi connectivity index (χ0n) is 17.5. The number of nitrogens with one attached hydrogen (secondary N) is 2. The Kier molecular flexibility index (Phi) is 6.30. The molecule has 0 fully saturated rings. The summed E-state index contributed by atoms with van der Waals surface area (Å²) in [5.41, 5.74) is 1.19. The van der Waals surface area contributed by atoms with Crippen molar-refractivity contribution < 1.29 is 19.1 Å². The van der Waals surface area contributed by atoms with Gasteiger partial charge >= 0.3 is 6.03 Å². The second kappa shape index (κ2) is 8.90. The summed E-state index contributed by atoms with van der Waals surface area (Å²) in [6, 6.07) is 12.0. The third-order valence-corrected chi connectivity index (χ3v) is 4.66. The molecule has 158 valence electrons. The molecule has 0 unspecified atom stereocenters. The number of rotatable bonds is 6. The number of hydrogen-bond acceptors (Lipinski definition) is 4. The minimum atomic E-state index is -0.666. The molecule has 0 aromatic heterocycles. The fourth-order valence-corrected chi connectivity index (χ4v) is 3.13. The number of hydrogen-bond donors (Lipinski definition) is 2. The lowest BCUT2D eigenvalue weighted by Crippen LogP contribution is -2.42. The molecular weight excluding hydrogens is 382 g/mol. The average Bonchev–Trinajstić information content (AvgIpc) is 2.80. The standard InChI is InChI=1S/C23H27N3O4/c1-5-13-26-19-12-9-17(14-20(19)30-15-23(3,4)21(26)27)25-22(28)24-16-7-10-18(11-8-16)29-6-2/h5,7-12,14H,1,6,13,15H2,2-4H3,(H2,24,25,28). The number of anilines is 3. The number of carbonyl (C=O) groups is 2. The van der Waals surface area contributed by atoms with Crippen molar-refractivity contribution in [2.45, 2.75) is 20.8 Å². The first-order chi connectivity index (χ1) is 14.3. The monoisotopic (exact) mass is 409 g/mol. The number of amides is 3. The van der Waals surface area contributed by atoms with Crippen LogP contribution in [0.2, 0.25) is 0 Å². The van der Waals surface area contributed by atoms with Gasteiger partial charge in [-0.05, 0) is 57.2 Å². The van der Waals surface area contributed by atoms with E-state index in [9.17, 15) is 9.59 Å². The molecule has 0 saturated carbocycles. The summed E-state index contributed by atoms with van der Waals surface area (Å²) in [7, 11) is 0. The first-order valence-electron chi connectivity index (χ1n) is 9.84. The zero-order chi connectivity index (χ0) is 21.7. The Bertz CT molecular complexity index is 938. The summed E-state index contributed by atoms with van der Waals surface area (Å²) in [5, 5.41) is 5.57. The Morgan fingerprint density at radius 2 is 1.87 bits per heavy atom. The molecule has 0 radical (unpaired) electrons. The Morgan fingerprint density at radius 1 is 1.20 bits per heavy atom. The highest BCUT2D eigenvalue weighted by atomic mass is 16.5. The van der Waals surface area contributed by atoms with E-state index < -0.39 is 5.41 Å². The molecule has 2 N–H and O–H groups in total. The highest BCUT2D eigenvalue weighted by molar-refractivity contribution is 6.02. The van der Waals surface area contributed by atoms with Crippen molar-refractivity contribution in [2.24, 2.45) is 5.41 Å². The quantitative estimate of drug-likeness (QED) is 0.680. The van der Waals surface area contributed by atoms with Crippen molar-refractivity contribution in [1.29, 1.82) is 0 Å². The van der Waals surface area contributed by atoms with Crippen molar-refractivity contribution >= 4 is 29.0 Å². The molecule has 7 nitrogen and oxygen atoms in total. The normalized spacial score (nSPS) is 14.8. The van der Waals surface area contributed by atoms with Crippen LogP contribution in [0.4, 0.5) is 21.9 Å². The highest BCUT2D eigenvalue weighted by Gasteiger charge is 2.37. The maximum absolute atomic E-state index is 12.9. The summed E-state index contributed by atoms with van der Waals surface area (Å²) in [6.07, 6.45) is 1.68. The van der Waals surface area contributed by atoms with Gasteiger partial charge in [0, 0.05) is 24.0 Å². The van der Waals surface area contributed by atoms with Crippen LogP contribution in [-0.4, -0.2) is 31.7 Å². The lowest BCUT2D eigenvalue weighted by atomic mass is 9.93. The average molecular weight is 409 g/mol. The van der Waals surface area contributed by atoms with Gasteiger partial charge in [-0.25, -0.2) is 4.79 Å². The van der Waals surface area contributed by atoms with E-state index >= 15 is 0 Å². The van der Waals surface area contributed by atoms with Crippen LogP contribution in [0, 0.1) is 5.41 Å². The van der Waals surface area contributed by atoms with E-state index in [-0.39, 0.29) is 18.5 Å². The summed E-state index contributed by atoms with van der Waals surface area (Å²) in [5.74, 6) is 1.25. The third-order valence-electron chi connectivity index (χ3n) is 4.66. The Hall–Kier alpha value is -3.48. The first-order valence-corrected chi connectivity index (χ1v) is 9.84. The number of urea groups is 1. The van der Waals surface area contributed by atoms with Gasteiger partial charge in [-0.1, -0.05) is 6.08 Å². The number of ether oxygens (including phenoxy) is 2. The van der Waals surface area contributed by atoms with Crippen molar-refractivity contribution in [3.8, 4) is 11.5 Å². The van der Waals surface area contributed by atoms with Crippen LogP contribution in [0.25, 0.3) is 0 Å². The molecule has 1 aliphatic heterocycles. The Balaban J connectivity index is 1.74. The van der Waals surface area contributed by atoms with E-state index in [0.29, 0.717) is 36.0 Å². The topological polar surface area (TPSA) is 79.9 Å². The van der Waals surface area contributed by atoms with Crippen molar-refractivity contribution in [3.05, 3.63) is 55.1 Å². The second-order valence-corrected chi connectivity index (χ2v) is 7.60. The number of nitrogens with zero attached hydrogens (tertiary/aromatic N) is 1. The van der Waals surface area contributed by atoms with Crippen LogP contribution in [0.15, 0.2) is 55.1 Å². The van der Waals surface area contributed by atoms with Gasteiger partial charge in [-0.2, -0.15) is 0 Å². The largest absolute Gasteiger partial charge is 0.494 e. The fourth-order valence-electron chi connectivity index (χ4n) is 3.13. The van der Waals surface area contributed by atoms with Gasteiger partial charge in [-0.3, -0.25) is 4.79 Å². The van der Waals surface area contributed by atoms with Crippen LogP contribution >= 0.6 is 0 Å². The molecule has 2 aromatic rings. The molecule has 3 rings (SSSR count). The van der Waals surface area contributed by atoms with Crippen LogP contribution in [0.5, 0.6) is 11.5 Å². The lowest BCUT2D eigenvalue weighted by Gasteiger charge is -2.27. The summed E-state index contributed by atoms with van der Waals surface area (Å²) < 4.78 is 11.3. The smallest absolute Gasteiger partial charge is 0.323 e. The summed E-state index contributed by atoms with van der Waals surface area (Å²) in [4.78, 5) is 26.9. The molecule has 0 atom stereocenters. The Labute approximate surface area is 176 Å². The lowest BCUT2D eigenvalue weighted by molar-refractivity contribution is -0.127. The number of carbonyl (C=O) groups excluding carboxylic acids is 2. The zero-order valence-corrected chi connectivity index (χ0v) is 17.5. The summed E-state index contributed by atoms with van der Waals surface area (Å²) >= 11 is 0. The van der Waals surface area contributed by atoms with Crippen LogP contribution in [-0.2, 0) is 4.79 Å². The van der Waals surface area contributed by atoms with Crippen LogP contribution in [0.1, 0.15) is 20.8 Å². The van der Waals surface area contributed by atoms with E-state index in [1.54, 1.807) is 53.4 Å². The summed E-state index contributed by atoms with van der Waals surface area (Å²) in [6.45, 7) is 10.6. The molecular formula is C23H27N3O4. The van der Waals surface area contributed by atoms with E-state index in [1.165, 1.54) is 0 Å². The maximum Gasteiger partial charge on any atom is 0.323 e. The molecule has 1 aliphatic rings. The van der Waals surface area contributed by atoms with Crippen LogP contribution in [0.3, 0.4) is 0 Å². The number of fused-ring (bicyclic) bond motifs is 1. The SMILES string of the molecule is C=CCN1C(=O)C(C)(C)COc2cc(NC(=O)Nc3ccc(OCC)cc3)ccc21. The van der Waals surface area contributed by atoms with Gasteiger partial charge in [0.25, 0.3) is 0 Å². The van der Waals surface area contributed by atoms with Gasteiger partial charge in [0.05, 0.1) is 17.7 Å². The molecule has 30 heavy (non-hydrogen) atoms. The minimum Gasteiger partial charge on any atom is -0.494 e. The molecule has 0 aliphatic carbocycles. The van der Waals surface area contributed by atoms with E-state index in [1.807, 2.05) is 20.8 Å². The Morgan fingerprint density at radius 3 is 2.53 bits per heavy atom. The van der Waals surface area contributed by atoms with E-state index in [2.05, 4.69) is 17.2 Å². The van der Waals surface area contributed by atoms with Gasteiger partial charge in [0.15, 0.2) is 0 Å². The molecule has 3 amide bonds. The van der Waals surface area contributed by atoms with Gasteiger partial charge in [0.2, 0.25) is 5.91 Å². The van der Waals surface area contributed by atoms with E-state index in [4.69, 9.17) is 9.47 Å². The first kappa shape index (κ1) is 21.2. The van der Waals surface area contributed by atoms with Gasteiger partial charge in [-0.15, -0.1) is 6.58 Å². The predicted octanol–water partition coefficient (Wildman–Crippen LogP) is 4.67. The molecule has 0 bridgehead atoms. The molecule has 0 saturated heterocycles. The molecule has 0 spiro atoms. The highest BCUT2D eigenvalue weighted by Crippen LogP contribution is 2.38. The molecule has 7 heteroatoms. The predicted molar refractivity (Wildman–Crippen MR) is 119 cm³/mol. The minimum absolute atomic E-state index is 0.0323. The van der Waals surface area contributed by atoms with Crippen molar-refractivity contribution in [3.63, 3.8) is 0 Å². The second-order valence-electron chi connectivity index (χ2n) is 7.60. The third kappa shape index (κ3) is 4.74. The van der Waals surface area contributed by atoms with Crippen LogP contribution < -0.4 is 25.0 Å². The molecule has 1 heterocycles.